The van der Waals surface area contributed by atoms with Gasteiger partial charge in [0.25, 0.3) is 0 Å². The first kappa shape index (κ1) is 13.5. The molecule has 20 heavy (non-hydrogen) atoms. The highest BCUT2D eigenvalue weighted by atomic mass is 16.2. The summed E-state index contributed by atoms with van der Waals surface area (Å²) in [5.74, 6) is 0.986. The van der Waals surface area contributed by atoms with E-state index < -0.39 is 0 Å². The molecule has 3 unspecified atom stereocenters. The number of anilines is 1. The zero-order chi connectivity index (χ0) is 13.9. The van der Waals surface area contributed by atoms with E-state index in [2.05, 4.69) is 29.7 Å². The lowest BCUT2D eigenvalue weighted by Crippen LogP contribution is -2.38. The number of hydrogen-bond donors (Lipinski definition) is 2. The lowest BCUT2D eigenvalue weighted by molar-refractivity contribution is -0.123. The van der Waals surface area contributed by atoms with Crippen molar-refractivity contribution in [3.8, 4) is 0 Å². The summed E-state index contributed by atoms with van der Waals surface area (Å²) in [7, 11) is 0. The Kier molecular flexibility index (Phi) is 3.95. The van der Waals surface area contributed by atoms with Gasteiger partial charge in [0.2, 0.25) is 5.91 Å². The Bertz CT molecular complexity index is 486. The van der Waals surface area contributed by atoms with E-state index in [-0.39, 0.29) is 11.8 Å². The van der Waals surface area contributed by atoms with Gasteiger partial charge < -0.3 is 10.6 Å². The lowest BCUT2D eigenvalue weighted by Gasteiger charge is -2.19. The minimum Gasteiger partial charge on any atom is -0.384 e. The van der Waals surface area contributed by atoms with Crippen molar-refractivity contribution in [1.82, 2.24) is 5.32 Å². The number of nitrogens with one attached hydrogen (secondary N) is 2. The Hall–Kier alpha value is -1.51. The predicted molar refractivity (Wildman–Crippen MR) is 81.9 cm³/mol. The van der Waals surface area contributed by atoms with E-state index in [9.17, 15) is 4.79 Å². The fourth-order valence-corrected chi connectivity index (χ4v) is 3.45. The molecule has 1 saturated carbocycles. The van der Waals surface area contributed by atoms with E-state index in [1.165, 1.54) is 19.3 Å². The average Bonchev–Trinajstić information content (AvgIpc) is 2.78. The highest BCUT2D eigenvalue weighted by Crippen LogP contribution is 2.31. The Balaban J connectivity index is 1.63. The summed E-state index contributed by atoms with van der Waals surface area (Å²) in [6, 6.07) is 8.52. The number of para-hydroxylation sites is 1. The zero-order valence-electron chi connectivity index (χ0n) is 12.2. The minimum atomic E-state index is -0.0214. The van der Waals surface area contributed by atoms with Gasteiger partial charge in [-0.1, -0.05) is 38.0 Å². The van der Waals surface area contributed by atoms with Gasteiger partial charge >= 0.3 is 0 Å². The first-order valence-electron chi connectivity index (χ1n) is 7.87. The molecule has 3 heteroatoms. The molecule has 1 aliphatic heterocycles. The summed E-state index contributed by atoms with van der Waals surface area (Å²) in [4.78, 5) is 12.5. The van der Waals surface area contributed by atoms with E-state index in [0.29, 0.717) is 6.04 Å². The topological polar surface area (TPSA) is 41.1 Å². The predicted octanol–water partition coefficient (Wildman–Crippen LogP) is 3.28. The van der Waals surface area contributed by atoms with E-state index >= 15 is 0 Å². The van der Waals surface area contributed by atoms with Gasteiger partial charge in [-0.05, 0) is 36.8 Å². The van der Waals surface area contributed by atoms with Crippen LogP contribution in [0.15, 0.2) is 24.3 Å². The van der Waals surface area contributed by atoms with Crippen molar-refractivity contribution in [1.29, 1.82) is 0 Å². The minimum absolute atomic E-state index is 0.0214. The van der Waals surface area contributed by atoms with Gasteiger partial charge in [0, 0.05) is 18.3 Å². The van der Waals surface area contributed by atoms with Gasteiger partial charge in [0.05, 0.1) is 5.92 Å². The number of carbonyl (C=O) groups excluding carboxylic acids is 1. The monoisotopic (exact) mass is 272 g/mol. The molecule has 2 N–H and O–H groups in total. The Morgan fingerprint density at radius 3 is 2.95 bits per heavy atom. The maximum atomic E-state index is 12.5. The highest BCUT2D eigenvalue weighted by molar-refractivity contribution is 5.88. The van der Waals surface area contributed by atoms with Gasteiger partial charge in [-0.3, -0.25) is 4.79 Å². The molecule has 0 saturated heterocycles. The van der Waals surface area contributed by atoms with Gasteiger partial charge in [-0.15, -0.1) is 0 Å². The van der Waals surface area contributed by atoms with Gasteiger partial charge in [-0.25, -0.2) is 0 Å². The number of hydrogen-bond acceptors (Lipinski definition) is 2. The molecule has 3 rings (SSSR count). The molecule has 3 atom stereocenters. The summed E-state index contributed by atoms with van der Waals surface area (Å²) in [5, 5.41) is 6.61. The number of amides is 1. The van der Waals surface area contributed by atoms with Crippen LogP contribution in [0.5, 0.6) is 0 Å². The normalized spacial score (nSPS) is 29.1. The van der Waals surface area contributed by atoms with Crippen LogP contribution in [-0.2, 0) is 4.79 Å². The lowest BCUT2D eigenvalue weighted by atomic mass is 9.99. The smallest absolute Gasteiger partial charge is 0.229 e. The summed E-state index contributed by atoms with van der Waals surface area (Å²) in [6.07, 6.45) is 6.06. The van der Waals surface area contributed by atoms with Crippen molar-refractivity contribution >= 4 is 11.6 Å². The first-order valence-corrected chi connectivity index (χ1v) is 7.87. The largest absolute Gasteiger partial charge is 0.384 e. The van der Waals surface area contributed by atoms with Gasteiger partial charge in [0.1, 0.15) is 0 Å². The molecule has 108 valence electrons. The van der Waals surface area contributed by atoms with Gasteiger partial charge in [0.15, 0.2) is 0 Å². The highest BCUT2D eigenvalue weighted by Gasteiger charge is 2.29. The standard InChI is InChI=1S/C17H24N2O/c1-12-5-4-6-13(10-9-12)19-17(20)15-11-18-16-8-3-2-7-14(15)16/h2-3,7-8,12-13,15,18H,4-6,9-11H2,1H3,(H,19,20). The van der Waals surface area contributed by atoms with E-state index in [0.717, 1.165) is 36.6 Å². The van der Waals surface area contributed by atoms with Crippen molar-refractivity contribution in [2.24, 2.45) is 5.92 Å². The van der Waals surface area contributed by atoms with E-state index in [1.807, 2.05) is 12.1 Å². The van der Waals surface area contributed by atoms with Gasteiger partial charge in [-0.2, -0.15) is 0 Å². The fraction of sp³-hybridized carbons (Fsp3) is 0.588. The van der Waals surface area contributed by atoms with Crippen LogP contribution >= 0.6 is 0 Å². The molecule has 1 fully saturated rings. The molecule has 1 aromatic rings. The fourth-order valence-electron chi connectivity index (χ4n) is 3.45. The molecule has 1 aliphatic carbocycles. The Morgan fingerprint density at radius 2 is 2.05 bits per heavy atom. The second-order valence-electron chi connectivity index (χ2n) is 6.34. The van der Waals surface area contributed by atoms with E-state index in [1.54, 1.807) is 0 Å². The SMILES string of the molecule is CC1CCCC(NC(=O)C2CNc3ccccc32)CC1. The number of carbonyl (C=O) groups is 1. The van der Waals surface area contributed by atoms with Crippen LogP contribution in [0.2, 0.25) is 0 Å². The maximum absolute atomic E-state index is 12.5. The van der Waals surface area contributed by atoms with Crippen LogP contribution < -0.4 is 10.6 Å². The molecule has 0 spiro atoms. The molecule has 1 amide bonds. The molecule has 0 bridgehead atoms. The van der Waals surface area contributed by atoms with Crippen LogP contribution in [0.3, 0.4) is 0 Å². The molecular formula is C17H24N2O. The summed E-state index contributed by atoms with van der Waals surface area (Å²) < 4.78 is 0. The third kappa shape index (κ3) is 2.82. The third-order valence-electron chi connectivity index (χ3n) is 4.75. The molecular weight excluding hydrogens is 248 g/mol. The molecule has 1 aromatic carbocycles. The molecule has 0 aromatic heterocycles. The van der Waals surface area contributed by atoms with Crippen LogP contribution in [0.1, 0.15) is 50.5 Å². The van der Waals surface area contributed by atoms with Crippen LogP contribution in [0, 0.1) is 5.92 Å². The summed E-state index contributed by atoms with van der Waals surface area (Å²) in [5.41, 5.74) is 2.26. The first-order chi connectivity index (χ1) is 9.74. The van der Waals surface area contributed by atoms with E-state index in [4.69, 9.17) is 0 Å². The second-order valence-corrected chi connectivity index (χ2v) is 6.34. The number of benzene rings is 1. The van der Waals surface area contributed by atoms with Crippen molar-refractivity contribution in [3.63, 3.8) is 0 Å². The molecule has 0 radical (unpaired) electrons. The van der Waals surface area contributed by atoms with Crippen LogP contribution in [0.25, 0.3) is 0 Å². The Labute approximate surface area is 121 Å². The number of fused-ring (bicyclic) bond motifs is 1. The molecule has 2 aliphatic rings. The molecule has 1 heterocycles. The van der Waals surface area contributed by atoms with Crippen molar-refractivity contribution < 1.29 is 4.79 Å². The third-order valence-corrected chi connectivity index (χ3v) is 4.75. The van der Waals surface area contributed by atoms with Crippen molar-refractivity contribution in [2.45, 2.75) is 51.0 Å². The summed E-state index contributed by atoms with van der Waals surface area (Å²) in [6.45, 7) is 3.05. The molecule has 3 nitrogen and oxygen atoms in total. The van der Waals surface area contributed by atoms with Crippen molar-refractivity contribution in [2.75, 3.05) is 11.9 Å². The average molecular weight is 272 g/mol. The van der Waals surface area contributed by atoms with Crippen LogP contribution in [0.4, 0.5) is 5.69 Å². The quantitative estimate of drug-likeness (QED) is 0.811. The van der Waals surface area contributed by atoms with Crippen LogP contribution in [-0.4, -0.2) is 18.5 Å². The maximum Gasteiger partial charge on any atom is 0.229 e. The summed E-state index contributed by atoms with van der Waals surface area (Å²) >= 11 is 0. The Morgan fingerprint density at radius 1 is 1.20 bits per heavy atom. The zero-order valence-corrected chi connectivity index (χ0v) is 12.2. The number of rotatable bonds is 2. The second kappa shape index (κ2) is 5.86. The van der Waals surface area contributed by atoms with Crippen molar-refractivity contribution in [3.05, 3.63) is 29.8 Å².